The summed E-state index contributed by atoms with van der Waals surface area (Å²) in [6.07, 6.45) is -1.02. The third-order valence-corrected chi connectivity index (χ3v) is 7.49. The van der Waals surface area contributed by atoms with Crippen molar-refractivity contribution < 1.29 is 27.9 Å². The van der Waals surface area contributed by atoms with Gasteiger partial charge >= 0.3 is 19.4 Å². The molecule has 0 radical (unpaired) electrons. The first kappa shape index (κ1) is 25.1. The maximum atomic E-state index is 13.4. The number of alkyl halides is 1. The molecule has 3 N–H and O–H groups in total. The van der Waals surface area contributed by atoms with Crippen molar-refractivity contribution in [2.24, 2.45) is 11.8 Å². The number of ether oxygens (including phenoxy) is 2. The predicted molar refractivity (Wildman–Crippen MR) is 117 cm³/mol. The fourth-order valence-corrected chi connectivity index (χ4v) is 5.83. The van der Waals surface area contributed by atoms with Gasteiger partial charge in [-0.2, -0.15) is 4.98 Å². The molecule has 2 aliphatic heterocycles. The average molecular weight is 493 g/mol. The highest BCUT2D eigenvalue weighted by Crippen LogP contribution is 2.57. The summed E-state index contributed by atoms with van der Waals surface area (Å²) in [6.45, 7) is 8.81. The van der Waals surface area contributed by atoms with Crippen LogP contribution in [0.1, 0.15) is 40.8 Å². The highest BCUT2D eigenvalue weighted by Gasteiger charge is 2.60. The highest BCUT2D eigenvalue weighted by molar-refractivity contribution is 7.51. The molecule has 3 heterocycles. The van der Waals surface area contributed by atoms with Gasteiger partial charge in [0.1, 0.15) is 29.5 Å². The lowest BCUT2D eigenvalue weighted by Gasteiger charge is -2.37. The van der Waals surface area contributed by atoms with Crippen molar-refractivity contribution in [2.45, 2.75) is 64.0 Å². The zero-order valence-electron chi connectivity index (χ0n) is 18.7. The van der Waals surface area contributed by atoms with E-state index in [9.17, 15) is 14.2 Å². The zero-order valence-corrected chi connectivity index (χ0v) is 20.3. The summed E-state index contributed by atoms with van der Waals surface area (Å²) < 4.78 is 37.2. The van der Waals surface area contributed by atoms with Gasteiger partial charge in [-0.05, 0) is 18.9 Å². The largest absolute Gasteiger partial charge is 0.464 e. The monoisotopic (exact) mass is 492 g/mol. The molecule has 0 saturated carbocycles. The van der Waals surface area contributed by atoms with Crippen molar-refractivity contribution in [3.05, 3.63) is 22.7 Å². The number of carbonyl (C=O) groups excluding carboxylic acids is 1. The number of hydrogen-bond donors (Lipinski definition) is 2. The van der Waals surface area contributed by atoms with Crippen LogP contribution < -0.4 is 16.5 Å². The van der Waals surface area contributed by atoms with Gasteiger partial charge in [0.2, 0.25) is 0 Å². The Balaban J connectivity index is 1.76. The Kier molecular flexibility index (Phi) is 7.39. The molecular weight excluding hydrogens is 463 g/mol. The van der Waals surface area contributed by atoms with E-state index in [1.54, 1.807) is 20.8 Å². The molecule has 13 heteroatoms. The van der Waals surface area contributed by atoms with Crippen molar-refractivity contribution in [1.29, 1.82) is 0 Å². The van der Waals surface area contributed by atoms with Crippen LogP contribution in [0.3, 0.4) is 0 Å². The molecule has 6 atom stereocenters. The van der Waals surface area contributed by atoms with Gasteiger partial charge in [0.15, 0.2) is 6.23 Å². The summed E-state index contributed by atoms with van der Waals surface area (Å²) in [6, 6.07) is 0.971. The van der Waals surface area contributed by atoms with Gasteiger partial charge in [-0.3, -0.25) is 18.4 Å². The number of esters is 1. The van der Waals surface area contributed by atoms with Gasteiger partial charge in [-0.25, -0.2) is 14.4 Å². The summed E-state index contributed by atoms with van der Waals surface area (Å²) in [5.74, 6) is -0.606. The Morgan fingerprint density at radius 2 is 2.16 bits per heavy atom. The Hall–Kier alpha value is -1.49. The summed E-state index contributed by atoms with van der Waals surface area (Å²) >= 11 is 6.77. The van der Waals surface area contributed by atoms with Gasteiger partial charge in [-0.1, -0.05) is 27.7 Å². The van der Waals surface area contributed by atoms with Crippen LogP contribution in [0.15, 0.2) is 17.1 Å². The fraction of sp³-hybridized carbons (Fsp3) is 0.737. The second kappa shape index (κ2) is 9.40. The van der Waals surface area contributed by atoms with Crippen molar-refractivity contribution in [3.8, 4) is 0 Å². The second-order valence-corrected chi connectivity index (χ2v) is 11.3. The van der Waals surface area contributed by atoms with Crippen LogP contribution in [0.5, 0.6) is 0 Å². The smallest absolute Gasteiger partial charge is 0.406 e. The first-order chi connectivity index (χ1) is 14.8. The summed E-state index contributed by atoms with van der Waals surface area (Å²) in [7, 11) is -3.82. The lowest BCUT2D eigenvalue weighted by Crippen LogP contribution is -2.48. The molecule has 3 rings (SSSR count). The van der Waals surface area contributed by atoms with E-state index in [4.69, 9.17) is 35.9 Å². The number of rotatable bonds is 7. The van der Waals surface area contributed by atoms with E-state index in [2.05, 4.69) is 10.1 Å². The van der Waals surface area contributed by atoms with E-state index in [-0.39, 0.29) is 36.8 Å². The SMILES string of the molecule is CC(C)C(=O)OCC(NP1(=O)OC[C@H]2O[C@@H](n3ccc(N)nc3=O)[C@](C)(Cl)[C@@H]2O1)C(C)C. The number of nitrogen functional groups attached to an aromatic ring is 1. The minimum absolute atomic E-state index is 0.00323. The standard InChI is InChI=1S/C19H30ClN4O7P/c1-10(2)12(8-28-16(25)11(3)4)23-32(27)29-9-13-15(31-32)19(5,20)17(30-13)24-7-6-14(21)22-18(24)26/h6-7,10-13,15,17H,8-9H2,1-5H3,(H,23,27)(H2,21,22,26)/t12?,13-,15-,17-,19-,32?/m1/s1. The van der Waals surface area contributed by atoms with Crippen LogP contribution in [-0.2, 0) is 27.9 Å². The molecule has 0 bridgehead atoms. The molecule has 2 fully saturated rings. The molecule has 11 nitrogen and oxygen atoms in total. The first-order valence-corrected chi connectivity index (χ1v) is 12.3. The van der Waals surface area contributed by atoms with E-state index in [0.29, 0.717) is 0 Å². The normalized spacial score (nSPS) is 33.3. The molecule has 2 aliphatic rings. The molecule has 0 aliphatic carbocycles. The van der Waals surface area contributed by atoms with Gasteiger partial charge in [0.05, 0.1) is 18.6 Å². The van der Waals surface area contributed by atoms with E-state index in [1.807, 2.05) is 13.8 Å². The quantitative estimate of drug-likeness (QED) is 0.329. The third-order valence-electron chi connectivity index (χ3n) is 5.45. The molecule has 0 spiro atoms. The second-order valence-electron chi connectivity index (χ2n) is 8.80. The van der Waals surface area contributed by atoms with E-state index in [1.165, 1.54) is 16.8 Å². The van der Waals surface area contributed by atoms with Crippen LogP contribution in [0, 0.1) is 11.8 Å². The number of nitrogens with one attached hydrogen (secondary N) is 1. The van der Waals surface area contributed by atoms with E-state index < -0.39 is 42.8 Å². The number of aromatic nitrogens is 2. The van der Waals surface area contributed by atoms with Crippen LogP contribution in [0.25, 0.3) is 0 Å². The molecule has 2 unspecified atom stereocenters. The van der Waals surface area contributed by atoms with Gasteiger partial charge in [-0.15, -0.1) is 11.6 Å². The fourth-order valence-electron chi connectivity index (χ4n) is 3.45. The number of anilines is 1. The Bertz CT molecular complexity index is 954. The van der Waals surface area contributed by atoms with Crippen LogP contribution in [-0.4, -0.2) is 51.9 Å². The number of carbonyl (C=O) groups is 1. The summed E-state index contributed by atoms with van der Waals surface area (Å²) in [5.41, 5.74) is 4.93. The van der Waals surface area contributed by atoms with Crippen molar-refractivity contribution in [2.75, 3.05) is 18.9 Å². The summed E-state index contributed by atoms with van der Waals surface area (Å²) in [5, 5.41) is 2.87. The highest BCUT2D eigenvalue weighted by atomic mass is 35.5. The molecule has 180 valence electrons. The maximum absolute atomic E-state index is 13.4. The molecule has 0 amide bonds. The minimum atomic E-state index is -3.82. The lowest BCUT2D eigenvalue weighted by atomic mass is 10.0. The predicted octanol–water partition coefficient (Wildman–Crippen LogP) is 2.06. The Morgan fingerprint density at radius 3 is 2.75 bits per heavy atom. The van der Waals surface area contributed by atoms with E-state index >= 15 is 0 Å². The van der Waals surface area contributed by atoms with Crippen molar-refractivity contribution in [3.63, 3.8) is 0 Å². The Morgan fingerprint density at radius 1 is 1.47 bits per heavy atom. The third kappa shape index (κ3) is 5.18. The summed E-state index contributed by atoms with van der Waals surface area (Å²) in [4.78, 5) is 26.6. The number of fused-ring (bicyclic) bond motifs is 1. The lowest BCUT2D eigenvalue weighted by molar-refractivity contribution is -0.148. The molecule has 0 aromatic carbocycles. The Labute approximate surface area is 191 Å². The molecule has 1 aromatic rings. The zero-order chi connectivity index (χ0) is 23.8. The topological polar surface area (TPSA) is 144 Å². The number of nitrogens with two attached hydrogens (primary N) is 1. The van der Waals surface area contributed by atoms with Crippen molar-refractivity contribution in [1.82, 2.24) is 14.6 Å². The van der Waals surface area contributed by atoms with Gasteiger partial charge < -0.3 is 15.2 Å². The van der Waals surface area contributed by atoms with Crippen LogP contribution >= 0.6 is 19.3 Å². The number of nitrogens with zero attached hydrogens (tertiary/aromatic N) is 2. The maximum Gasteiger partial charge on any atom is 0.406 e. The number of hydrogen-bond acceptors (Lipinski definition) is 9. The molecule has 32 heavy (non-hydrogen) atoms. The van der Waals surface area contributed by atoms with Crippen LogP contribution in [0.2, 0.25) is 0 Å². The minimum Gasteiger partial charge on any atom is -0.464 e. The van der Waals surface area contributed by atoms with Crippen LogP contribution in [0.4, 0.5) is 5.82 Å². The average Bonchev–Trinajstić information content (AvgIpc) is 2.94. The first-order valence-electron chi connectivity index (χ1n) is 10.4. The number of halogens is 1. The van der Waals surface area contributed by atoms with Gasteiger partial charge in [0.25, 0.3) is 0 Å². The molecular formula is C19H30ClN4O7P. The molecule has 2 saturated heterocycles. The molecule has 1 aromatic heterocycles. The van der Waals surface area contributed by atoms with E-state index in [0.717, 1.165) is 0 Å². The van der Waals surface area contributed by atoms with Crippen molar-refractivity contribution >= 4 is 31.1 Å². The van der Waals surface area contributed by atoms with Gasteiger partial charge in [0, 0.05) is 6.20 Å².